The number of amidine groups is 1. The van der Waals surface area contributed by atoms with E-state index in [1.54, 1.807) is 25.3 Å². The molecule has 0 amide bonds. The third-order valence-electron chi connectivity index (χ3n) is 3.80. The molecule has 25 heavy (non-hydrogen) atoms. The molecule has 3 aromatic rings. The largest absolute Gasteiger partial charge is 0.494 e. The fraction of sp³-hybridized carbons (Fsp3) is 0.0500. The molecule has 0 atom stereocenters. The highest BCUT2D eigenvalue weighted by Crippen LogP contribution is 2.30. The Hall–Kier alpha value is -3.18. The number of para-hydroxylation sites is 2. The normalized spacial score (nSPS) is 11.2. The van der Waals surface area contributed by atoms with E-state index in [9.17, 15) is 4.39 Å². The van der Waals surface area contributed by atoms with E-state index in [1.807, 2.05) is 48.5 Å². The minimum absolute atomic E-state index is 0.302. The predicted molar refractivity (Wildman–Crippen MR) is 98.4 cm³/mol. The van der Waals surface area contributed by atoms with E-state index in [4.69, 9.17) is 10.6 Å². The van der Waals surface area contributed by atoms with Gasteiger partial charge >= 0.3 is 0 Å². The van der Waals surface area contributed by atoms with Crippen molar-refractivity contribution in [2.75, 3.05) is 7.11 Å². The number of hydrogen-bond acceptors (Lipinski definition) is 3. The van der Waals surface area contributed by atoms with Crippen LogP contribution in [-0.2, 0) is 0 Å². The zero-order valence-corrected chi connectivity index (χ0v) is 13.7. The van der Waals surface area contributed by atoms with Crippen molar-refractivity contribution in [2.24, 2.45) is 10.8 Å². The fourth-order valence-corrected chi connectivity index (χ4v) is 2.62. The lowest BCUT2D eigenvalue weighted by molar-refractivity contribution is 0.416. The zero-order valence-electron chi connectivity index (χ0n) is 13.7. The zero-order chi connectivity index (χ0) is 17.6. The number of hydrogen-bond donors (Lipinski definition) is 2. The number of aliphatic imine (C=N–C) groups is 1. The van der Waals surface area contributed by atoms with Crippen LogP contribution in [-0.4, -0.2) is 12.9 Å². The third kappa shape index (κ3) is 3.51. The number of halogens is 1. The Kier molecular flexibility index (Phi) is 5.06. The maximum atomic E-state index is 14.3. The molecule has 3 N–H and O–H groups in total. The van der Waals surface area contributed by atoms with E-state index < -0.39 is 0 Å². The molecule has 0 aromatic heterocycles. The van der Waals surface area contributed by atoms with Crippen LogP contribution >= 0.6 is 0 Å². The molecule has 0 heterocycles. The number of hydrazine groups is 1. The molecule has 3 rings (SSSR count). The van der Waals surface area contributed by atoms with E-state index in [1.165, 1.54) is 6.07 Å². The topological polar surface area (TPSA) is 59.6 Å². The Morgan fingerprint density at radius 3 is 2.28 bits per heavy atom. The number of rotatable bonds is 4. The molecule has 0 aliphatic rings. The SMILES string of the molecule is COc1ccccc1N=C(NN)c1ccccc1-c1ccccc1F. The van der Waals surface area contributed by atoms with E-state index >= 15 is 0 Å². The van der Waals surface area contributed by atoms with Crippen LogP contribution in [0.3, 0.4) is 0 Å². The van der Waals surface area contributed by atoms with Crippen molar-refractivity contribution in [1.29, 1.82) is 0 Å². The Morgan fingerprint density at radius 2 is 1.56 bits per heavy atom. The highest BCUT2D eigenvalue weighted by atomic mass is 19.1. The first-order chi connectivity index (χ1) is 12.2. The van der Waals surface area contributed by atoms with Gasteiger partial charge in [0.25, 0.3) is 0 Å². The molecule has 4 nitrogen and oxygen atoms in total. The Balaban J connectivity index is 2.15. The minimum atomic E-state index is -0.302. The average molecular weight is 335 g/mol. The van der Waals surface area contributed by atoms with Crippen molar-refractivity contribution in [3.63, 3.8) is 0 Å². The molecule has 3 aromatic carbocycles. The van der Waals surface area contributed by atoms with Gasteiger partial charge in [0.2, 0.25) is 0 Å². The van der Waals surface area contributed by atoms with E-state index in [2.05, 4.69) is 10.4 Å². The second kappa shape index (κ2) is 7.59. The summed E-state index contributed by atoms with van der Waals surface area (Å²) in [5.41, 5.74) is 5.13. The first-order valence-electron chi connectivity index (χ1n) is 7.77. The first-order valence-corrected chi connectivity index (χ1v) is 7.77. The molecule has 0 aliphatic heterocycles. The standard InChI is InChI=1S/C20H18FN3O/c1-25-19-13-7-6-12-18(19)23-20(24-22)16-10-3-2-8-14(16)15-9-4-5-11-17(15)21/h2-13H,22H2,1H3,(H,23,24). The quantitative estimate of drug-likeness (QED) is 0.327. The lowest BCUT2D eigenvalue weighted by Crippen LogP contribution is -2.31. The van der Waals surface area contributed by atoms with Gasteiger partial charge in [-0.15, -0.1) is 0 Å². The summed E-state index contributed by atoms with van der Waals surface area (Å²) in [5, 5.41) is 0. The molecule has 0 saturated carbocycles. The predicted octanol–water partition coefficient (Wildman–Crippen LogP) is 4.04. The van der Waals surface area contributed by atoms with Gasteiger partial charge in [0.1, 0.15) is 23.1 Å². The number of nitrogens with one attached hydrogen (secondary N) is 1. The number of nitrogens with two attached hydrogens (primary N) is 1. The van der Waals surface area contributed by atoms with Gasteiger partial charge in [-0.1, -0.05) is 54.6 Å². The highest BCUT2D eigenvalue weighted by Gasteiger charge is 2.13. The van der Waals surface area contributed by atoms with Crippen molar-refractivity contribution in [3.8, 4) is 16.9 Å². The van der Waals surface area contributed by atoms with Gasteiger partial charge in [0, 0.05) is 11.1 Å². The van der Waals surface area contributed by atoms with Gasteiger partial charge in [-0.2, -0.15) is 0 Å². The van der Waals surface area contributed by atoms with Crippen LogP contribution in [0.4, 0.5) is 10.1 Å². The highest BCUT2D eigenvalue weighted by molar-refractivity contribution is 6.05. The fourth-order valence-electron chi connectivity index (χ4n) is 2.62. The molecule has 0 fully saturated rings. The van der Waals surface area contributed by atoms with Gasteiger partial charge in [-0.05, 0) is 23.8 Å². The monoisotopic (exact) mass is 335 g/mol. The molecule has 0 spiro atoms. The Bertz CT molecular complexity index is 909. The summed E-state index contributed by atoms with van der Waals surface area (Å²) in [6.45, 7) is 0. The molecule has 5 heteroatoms. The van der Waals surface area contributed by atoms with Crippen LogP contribution in [0.1, 0.15) is 5.56 Å². The number of benzene rings is 3. The molecule has 0 radical (unpaired) electrons. The van der Waals surface area contributed by atoms with E-state index in [0.29, 0.717) is 34.0 Å². The summed E-state index contributed by atoms with van der Waals surface area (Å²) >= 11 is 0. The van der Waals surface area contributed by atoms with Crippen molar-refractivity contribution < 1.29 is 9.13 Å². The van der Waals surface area contributed by atoms with Gasteiger partial charge in [0.05, 0.1) is 7.11 Å². The van der Waals surface area contributed by atoms with Crippen molar-refractivity contribution >= 4 is 11.5 Å². The lowest BCUT2D eigenvalue weighted by atomic mass is 9.98. The summed E-state index contributed by atoms with van der Waals surface area (Å²) in [6, 6.07) is 21.4. The van der Waals surface area contributed by atoms with Gasteiger partial charge < -0.3 is 10.2 Å². The summed E-state index contributed by atoms with van der Waals surface area (Å²) in [6.07, 6.45) is 0. The summed E-state index contributed by atoms with van der Waals surface area (Å²) < 4.78 is 19.6. The number of methoxy groups -OCH3 is 1. The third-order valence-corrected chi connectivity index (χ3v) is 3.80. The maximum Gasteiger partial charge on any atom is 0.148 e. The lowest BCUT2D eigenvalue weighted by Gasteiger charge is -2.13. The molecule has 0 saturated heterocycles. The van der Waals surface area contributed by atoms with Crippen molar-refractivity contribution in [1.82, 2.24) is 5.43 Å². The van der Waals surface area contributed by atoms with E-state index in [-0.39, 0.29) is 5.82 Å². The second-order valence-electron chi connectivity index (χ2n) is 5.30. The molecular formula is C20H18FN3O. The molecule has 0 bridgehead atoms. The smallest absolute Gasteiger partial charge is 0.148 e. The number of nitrogens with zero attached hydrogens (tertiary/aromatic N) is 1. The van der Waals surface area contributed by atoms with Gasteiger partial charge in [-0.3, -0.25) is 0 Å². The van der Waals surface area contributed by atoms with Crippen LogP contribution in [0.5, 0.6) is 5.75 Å². The van der Waals surface area contributed by atoms with E-state index in [0.717, 1.165) is 0 Å². The molecule has 0 aliphatic carbocycles. The Labute approximate surface area is 145 Å². The van der Waals surface area contributed by atoms with Crippen LogP contribution in [0.2, 0.25) is 0 Å². The van der Waals surface area contributed by atoms with Crippen LogP contribution < -0.4 is 16.0 Å². The average Bonchev–Trinajstić information content (AvgIpc) is 2.67. The summed E-state index contributed by atoms with van der Waals surface area (Å²) in [7, 11) is 1.58. The van der Waals surface area contributed by atoms with Crippen LogP contribution in [0.25, 0.3) is 11.1 Å². The maximum absolute atomic E-state index is 14.3. The molecule has 126 valence electrons. The Morgan fingerprint density at radius 1 is 0.920 bits per heavy atom. The van der Waals surface area contributed by atoms with Crippen LogP contribution in [0, 0.1) is 5.82 Å². The van der Waals surface area contributed by atoms with Crippen molar-refractivity contribution in [2.45, 2.75) is 0 Å². The summed E-state index contributed by atoms with van der Waals surface area (Å²) in [5.74, 6) is 6.46. The van der Waals surface area contributed by atoms with Gasteiger partial charge in [-0.25, -0.2) is 15.2 Å². The first kappa shape index (κ1) is 16.7. The summed E-state index contributed by atoms with van der Waals surface area (Å²) in [4.78, 5) is 4.57. The minimum Gasteiger partial charge on any atom is -0.494 e. The molecular weight excluding hydrogens is 317 g/mol. The second-order valence-corrected chi connectivity index (χ2v) is 5.30. The van der Waals surface area contributed by atoms with Gasteiger partial charge in [0.15, 0.2) is 0 Å². The van der Waals surface area contributed by atoms with Crippen LogP contribution in [0.15, 0.2) is 77.8 Å². The molecule has 0 unspecified atom stereocenters. The van der Waals surface area contributed by atoms with Crippen molar-refractivity contribution in [3.05, 3.63) is 84.2 Å². The number of ether oxygens (including phenoxy) is 1.